The average molecular weight is 612 g/mol. The minimum absolute atomic E-state index is 0. The van der Waals surface area contributed by atoms with E-state index in [4.69, 9.17) is 23.2 Å². The van der Waals surface area contributed by atoms with Crippen LogP contribution < -0.4 is 10.2 Å². The van der Waals surface area contributed by atoms with Crippen molar-refractivity contribution in [3.63, 3.8) is 0 Å². The predicted molar refractivity (Wildman–Crippen MR) is 107 cm³/mol. The van der Waals surface area contributed by atoms with E-state index >= 15 is 0 Å². The molecule has 0 aliphatic carbocycles. The SMILES string of the molecule is O=C([O-])c1cc2ccccc2cc1Cl.O=C([O-])c1cc2ccccc2cc1Cl.[Hg+2]. The molecule has 0 bridgehead atoms. The molecule has 29 heavy (non-hydrogen) atoms. The van der Waals surface area contributed by atoms with Crippen LogP contribution in [0, 0.1) is 0 Å². The molecule has 0 N–H and O–H groups in total. The van der Waals surface area contributed by atoms with Gasteiger partial charge in [-0.3, -0.25) is 0 Å². The van der Waals surface area contributed by atoms with Gasteiger partial charge in [-0.2, -0.15) is 0 Å². The molecular weight excluding hydrogens is 600 g/mol. The van der Waals surface area contributed by atoms with Crippen LogP contribution in [0.2, 0.25) is 10.0 Å². The van der Waals surface area contributed by atoms with Crippen molar-refractivity contribution in [2.45, 2.75) is 0 Å². The van der Waals surface area contributed by atoms with Gasteiger partial charge in [0, 0.05) is 11.1 Å². The summed E-state index contributed by atoms with van der Waals surface area (Å²) in [5.74, 6) is -2.50. The second-order valence-electron chi connectivity index (χ2n) is 5.93. The molecule has 7 heteroatoms. The zero-order chi connectivity index (χ0) is 20.3. The topological polar surface area (TPSA) is 80.3 Å². The fourth-order valence-electron chi connectivity index (χ4n) is 2.74. The molecule has 0 atom stereocenters. The molecule has 4 rings (SSSR count). The van der Waals surface area contributed by atoms with Gasteiger partial charge in [-0.15, -0.1) is 0 Å². The smallest absolute Gasteiger partial charge is 0.545 e. The quantitative estimate of drug-likeness (QED) is 0.324. The van der Waals surface area contributed by atoms with Gasteiger partial charge in [0.15, 0.2) is 0 Å². The summed E-state index contributed by atoms with van der Waals surface area (Å²) in [4.78, 5) is 21.3. The Morgan fingerprint density at radius 3 is 1.14 bits per heavy atom. The van der Waals surface area contributed by atoms with Gasteiger partial charge in [0.05, 0.1) is 22.0 Å². The van der Waals surface area contributed by atoms with Crippen LogP contribution in [0.4, 0.5) is 0 Å². The van der Waals surface area contributed by atoms with Gasteiger partial charge in [0.1, 0.15) is 0 Å². The summed E-state index contributed by atoms with van der Waals surface area (Å²) in [7, 11) is 0. The fourth-order valence-corrected chi connectivity index (χ4v) is 3.24. The minimum atomic E-state index is -1.25. The Labute approximate surface area is 197 Å². The van der Waals surface area contributed by atoms with Crippen molar-refractivity contribution < 1.29 is 47.5 Å². The van der Waals surface area contributed by atoms with E-state index in [0.717, 1.165) is 21.5 Å². The van der Waals surface area contributed by atoms with E-state index in [9.17, 15) is 19.8 Å². The molecule has 4 aromatic rings. The van der Waals surface area contributed by atoms with Gasteiger partial charge in [0.2, 0.25) is 0 Å². The number of carbonyl (C=O) groups excluding carboxylic acids is 2. The zero-order valence-electron chi connectivity index (χ0n) is 15.0. The van der Waals surface area contributed by atoms with Crippen molar-refractivity contribution in [2.24, 2.45) is 0 Å². The van der Waals surface area contributed by atoms with Crippen LogP contribution in [0.3, 0.4) is 0 Å². The summed E-state index contributed by atoms with van der Waals surface area (Å²) >= 11 is 11.6. The van der Waals surface area contributed by atoms with Crippen molar-refractivity contribution in [3.05, 3.63) is 94.0 Å². The largest absolute Gasteiger partial charge is 2.00 e. The average Bonchev–Trinajstić information content (AvgIpc) is 2.67. The number of carboxylic acids is 2. The normalized spacial score (nSPS) is 10.0. The van der Waals surface area contributed by atoms with Crippen molar-refractivity contribution >= 4 is 56.7 Å². The number of hydrogen-bond donors (Lipinski definition) is 0. The Hall–Kier alpha value is -2.14. The van der Waals surface area contributed by atoms with E-state index in [1.165, 1.54) is 12.1 Å². The third-order valence-electron chi connectivity index (χ3n) is 4.11. The monoisotopic (exact) mass is 612 g/mol. The number of fused-ring (bicyclic) bond motifs is 2. The van der Waals surface area contributed by atoms with Gasteiger partial charge < -0.3 is 19.8 Å². The van der Waals surface area contributed by atoms with Crippen LogP contribution in [0.1, 0.15) is 20.7 Å². The molecule has 4 aromatic carbocycles. The Bertz CT molecular complexity index is 1110. The van der Waals surface area contributed by atoms with Crippen LogP contribution in [-0.2, 0) is 27.7 Å². The second-order valence-corrected chi connectivity index (χ2v) is 6.75. The molecule has 0 saturated heterocycles. The molecule has 0 aromatic heterocycles. The van der Waals surface area contributed by atoms with E-state index in [2.05, 4.69) is 0 Å². The first-order chi connectivity index (χ1) is 13.4. The Kier molecular flexibility index (Phi) is 8.02. The summed E-state index contributed by atoms with van der Waals surface area (Å²) in [6.07, 6.45) is 0. The predicted octanol–water partition coefficient (Wildman–Crippen LogP) is 3.71. The number of halogens is 2. The van der Waals surface area contributed by atoms with E-state index in [1.807, 2.05) is 48.5 Å². The molecule has 0 spiro atoms. The van der Waals surface area contributed by atoms with E-state index < -0.39 is 11.9 Å². The molecule has 0 heterocycles. The van der Waals surface area contributed by atoms with Gasteiger partial charge in [-0.05, 0) is 45.8 Å². The maximum absolute atomic E-state index is 10.7. The molecule has 0 fully saturated rings. The number of carbonyl (C=O) groups is 2. The molecule has 140 valence electrons. The van der Waals surface area contributed by atoms with Crippen LogP contribution in [0.5, 0.6) is 0 Å². The molecule has 0 unspecified atom stereocenters. The van der Waals surface area contributed by atoms with E-state index in [0.29, 0.717) is 0 Å². The first-order valence-electron chi connectivity index (χ1n) is 8.16. The molecule has 0 aliphatic rings. The Morgan fingerprint density at radius 2 is 0.862 bits per heavy atom. The summed E-state index contributed by atoms with van der Waals surface area (Å²) in [5.41, 5.74) is 0.0655. The molecule has 0 saturated carbocycles. The van der Waals surface area contributed by atoms with Gasteiger partial charge >= 0.3 is 27.7 Å². The number of carboxylic acid groups (broad SMARTS) is 2. The maximum atomic E-state index is 10.7. The van der Waals surface area contributed by atoms with Gasteiger partial charge in [-0.1, -0.05) is 71.7 Å². The number of benzene rings is 4. The first kappa shape index (κ1) is 23.1. The standard InChI is InChI=1S/2C11H7ClO2.Hg/c2*12-10-6-8-4-2-1-3-7(8)5-9(10)11(13)14;/h2*1-6H,(H,13,14);/q;;+2/p-2. The second kappa shape index (κ2) is 10.1. The summed E-state index contributed by atoms with van der Waals surface area (Å²) in [6, 6.07) is 21.1. The maximum Gasteiger partial charge on any atom is 2.00 e. The molecular formula is C22H12Cl2HgO4. The summed E-state index contributed by atoms with van der Waals surface area (Å²) in [6.45, 7) is 0. The first-order valence-corrected chi connectivity index (χ1v) is 8.91. The van der Waals surface area contributed by atoms with Gasteiger partial charge in [-0.25, -0.2) is 0 Å². The summed E-state index contributed by atoms with van der Waals surface area (Å²) in [5, 5.41) is 25.3. The molecule has 4 nitrogen and oxygen atoms in total. The van der Waals surface area contributed by atoms with Crippen LogP contribution in [0.25, 0.3) is 21.5 Å². The number of aromatic carboxylic acids is 2. The number of hydrogen-bond acceptors (Lipinski definition) is 4. The van der Waals surface area contributed by atoms with Crippen LogP contribution >= 0.6 is 23.2 Å². The molecule has 0 radical (unpaired) electrons. The third-order valence-corrected chi connectivity index (χ3v) is 4.74. The van der Waals surface area contributed by atoms with E-state index in [1.54, 1.807) is 12.1 Å². The Balaban J connectivity index is 0.000000200. The summed E-state index contributed by atoms with van der Waals surface area (Å²) < 4.78 is 0. The van der Waals surface area contributed by atoms with Gasteiger partial charge in [0.25, 0.3) is 0 Å². The Morgan fingerprint density at radius 1 is 0.586 bits per heavy atom. The van der Waals surface area contributed by atoms with Crippen molar-refractivity contribution in [1.29, 1.82) is 0 Å². The number of rotatable bonds is 2. The molecule has 0 aliphatic heterocycles. The van der Waals surface area contributed by atoms with Crippen molar-refractivity contribution in [1.82, 2.24) is 0 Å². The van der Waals surface area contributed by atoms with Crippen molar-refractivity contribution in [3.8, 4) is 0 Å². The zero-order valence-corrected chi connectivity index (χ0v) is 22.0. The molecule has 0 amide bonds. The van der Waals surface area contributed by atoms with Crippen LogP contribution in [0.15, 0.2) is 72.8 Å². The fraction of sp³-hybridized carbons (Fsp3) is 0. The van der Waals surface area contributed by atoms with Crippen molar-refractivity contribution in [2.75, 3.05) is 0 Å². The van der Waals surface area contributed by atoms with Crippen LogP contribution in [-0.4, -0.2) is 11.9 Å². The third kappa shape index (κ3) is 5.47. The van der Waals surface area contributed by atoms with E-state index in [-0.39, 0.29) is 48.8 Å². The minimum Gasteiger partial charge on any atom is -0.545 e.